The third kappa shape index (κ3) is 21.7. The third-order valence-corrected chi connectivity index (χ3v) is 14.9. The van der Waals surface area contributed by atoms with Gasteiger partial charge in [-0.25, -0.2) is 0 Å². The highest BCUT2D eigenvalue weighted by molar-refractivity contribution is 8.00. The minimum Gasteiger partial charge on any atom is -0.493 e. The van der Waals surface area contributed by atoms with Crippen LogP contribution in [-0.2, 0) is 9.59 Å². The second kappa shape index (κ2) is 32.1. The maximum absolute atomic E-state index is 13.2. The highest BCUT2D eigenvalue weighted by Gasteiger charge is 2.22. The molecule has 4 aromatic rings. The summed E-state index contributed by atoms with van der Waals surface area (Å²) in [6.07, 6.45) is 9.83. The molecule has 0 aromatic heterocycles. The highest BCUT2D eigenvalue weighted by Crippen LogP contribution is 2.31. The van der Waals surface area contributed by atoms with Crippen LogP contribution in [0.5, 0.6) is 11.5 Å². The normalized spacial score (nSPS) is 12.2. The highest BCUT2D eigenvalue weighted by atomic mass is 35.5. The number of halogens is 2. The molecule has 2 unspecified atom stereocenters. The predicted octanol–water partition coefficient (Wildman–Crippen LogP) is 12.3. The smallest absolute Gasteiger partial charge is 0.228 e. The fourth-order valence-corrected chi connectivity index (χ4v) is 10.4. The number of carbonyl (C=O) groups excluding carboxylic acids is 2. The Hall–Kier alpha value is -2.68. The van der Waals surface area contributed by atoms with Crippen molar-refractivity contribution in [3.05, 3.63) is 107 Å². The Morgan fingerprint density at radius 1 is 0.484 bits per heavy atom. The van der Waals surface area contributed by atoms with Crippen molar-refractivity contribution in [1.82, 2.24) is 9.80 Å². The first-order valence-corrected chi connectivity index (χ1v) is 27.1. The lowest BCUT2D eigenvalue weighted by Gasteiger charge is -2.25. The van der Waals surface area contributed by atoms with Crippen molar-refractivity contribution < 1.29 is 29.3 Å². The van der Waals surface area contributed by atoms with Crippen molar-refractivity contribution >= 4 is 82.1 Å². The molecule has 0 aliphatic carbocycles. The van der Waals surface area contributed by atoms with Crippen molar-refractivity contribution in [3.8, 4) is 11.5 Å². The monoisotopic (exact) mass is 988 g/mol. The van der Waals surface area contributed by atoms with E-state index < -0.39 is 0 Å². The van der Waals surface area contributed by atoms with E-state index in [2.05, 4.69) is 0 Å². The van der Waals surface area contributed by atoms with Crippen molar-refractivity contribution in [1.29, 1.82) is 0 Å². The van der Waals surface area contributed by atoms with Crippen LogP contribution < -0.4 is 9.47 Å². The van der Waals surface area contributed by atoms with Gasteiger partial charge in [-0.05, 0) is 121 Å². The molecular formula is C50H66Cl2N2O6S4. The minimum absolute atomic E-state index is 0.0110. The molecule has 2 amide bonds. The van der Waals surface area contributed by atoms with Gasteiger partial charge in [0.15, 0.2) is 0 Å². The van der Waals surface area contributed by atoms with Gasteiger partial charge in [0.1, 0.15) is 11.5 Å². The van der Waals surface area contributed by atoms with Crippen LogP contribution >= 0.6 is 70.2 Å². The molecule has 0 aliphatic rings. The molecule has 64 heavy (non-hydrogen) atoms. The number of nitrogens with zero attached hydrogens (tertiary/aromatic N) is 2. The van der Waals surface area contributed by atoms with Crippen molar-refractivity contribution in [2.75, 3.05) is 75.6 Å². The molecule has 2 atom stereocenters. The molecule has 4 rings (SSSR count). The SMILES string of the molecule is CC(COc1ccc(Sc2ccc(Cl)cc2)cc1)C(=O)N(CCO)CCSCCCCCCCCCCSCCN(CCO)C(=O)C(C)COc1ccc(Sc2ccc(Cl)cc2)cc1. The molecular weight excluding hydrogens is 924 g/mol. The van der Waals surface area contributed by atoms with Crippen molar-refractivity contribution in [2.24, 2.45) is 11.8 Å². The van der Waals surface area contributed by atoms with Gasteiger partial charge in [-0.1, -0.05) is 99.1 Å². The number of aliphatic hydroxyl groups is 2. The Labute approximate surface area is 409 Å². The third-order valence-electron chi connectivity index (χ3n) is 10.3. The lowest BCUT2D eigenvalue weighted by atomic mass is 10.1. The molecule has 0 saturated heterocycles. The van der Waals surface area contributed by atoms with Crippen molar-refractivity contribution in [2.45, 2.75) is 84.8 Å². The van der Waals surface area contributed by atoms with Gasteiger partial charge in [0.2, 0.25) is 11.8 Å². The summed E-state index contributed by atoms with van der Waals surface area (Å²) in [5.41, 5.74) is 0. The van der Waals surface area contributed by atoms with Crippen LogP contribution in [0.15, 0.2) is 117 Å². The maximum Gasteiger partial charge on any atom is 0.228 e. The van der Waals surface area contributed by atoms with Gasteiger partial charge in [0, 0.05) is 67.3 Å². The summed E-state index contributed by atoms with van der Waals surface area (Å²) in [7, 11) is 0. The van der Waals surface area contributed by atoms with E-state index in [0.717, 1.165) is 54.1 Å². The average molecular weight is 990 g/mol. The standard InChI is InChI=1S/C50H66Cl2N2O6S4/c1-39(37-59-43-15-23-47(24-16-43)63-45-19-11-41(51)12-20-45)49(57)53(27-31-55)29-35-61-33-9-7-5-3-4-6-8-10-34-62-36-30-54(28-32-56)50(58)40(2)38-60-44-17-25-48(26-18-44)64-46-21-13-42(52)14-22-46/h11-26,39-40,55-56H,3-10,27-38H2,1-2H3. The Bertz CT molecular complexity index is 1740. The predicted molar refractivity (Wildman–Crippen MR) is 272 cm³/mol. The van der Waals surface area contributed by atoms with Gasteiger partial charge in [-0.15, -0.1) is 0 Å². The summed E-state index contributed by atoms with van der Waals surface area (Å²) < 4.78 is 11.9. The minimum atomic E-state index is -0.312. The Morgan fingerprint density at radius 2 is 0.797 bits per heavy atom. The molecule has 2 N–H and O–H groups in total. The summed E-state index contributed by atoms with van der Waals surface area (Å²) in [4.78, 5) is 34.3. The summed E-state index contributed by atoms with van der Waals surface area (Å²) >= 11 is 19.0. The lowest BCUT2D eigenvalue weighted by Crippen LogP contribution is -2.40. The first kappa shape index (κ1) is 53.9. The van der Waals surface area contributed by atoms with Gasteiger partial charge in [0.25, 0.3) is 0 Å². The lowest BCUT2D eigenvalue weighted by molar-refractivity contribution is -0.136. The van der Waals surface area contributed by atoms with E-state index in [1.165, 1.54) is 51.4 Å². The number of ether oxygens (including phenoxy) is 2. The Morgan fingerprint density at radius 3 is 1.12 bits per heavy atom. The van der Waals surface area contributed by atoms with E-state index in [-0.39, 0.29) is 50.1 Å². The number of unbranched alkanes of at least 4 members (excludes halogenated alkanes) is 7. The van der Waals surface area contributed by atoms with Crippen LogP contribution in [0.25, 0.3) is 0 Å². The first-order valence-electron chi connectivity index (χ1n) is 22.4. The van der Waals surface area contributed by atoms with E-state index in [0.29, 0.717) is 36.2 Å². The number of thioether (sulfide) groups is 2. The van der Waals surface area contributed by atoms with Gasteiger partial charge >= 0.3 is 0 Å². The van der Waals surface area contributed by atoms with Gasteiger partial charge in [0.05, 0.1) is 38.3 Å². The van der Waals surface area contributed by atoms with Crippen LogP contribution in [-0.4, -0.2) is 107 Å². The van der Waals surface area contributed by atoms with Crippen LogP contribution in [0.2, 0.25) is 10.0 Å². The summed E-state index contributed by atoms with van der Waals surface area (Å²) in [5, 5.41) is 20.7. The quantitative estimate of drug-likeness (QED) is 0.0449. The van der Waals surface area contributed by atoms with Crippen molar-refractivity contribution in [3.63, 3.8) is 0 Å². The van der Waals surface area contributed by atoms with Crippen LogP contribution in [0, 0.1) is 11.8 Å². The molecule has 0 saturated carbocycles. The number of amides is 2. The molecule has 0 fully saturated rings. The zero-order chi connectivity index (χ0) is 45.8. The molecule has 4 aromatic carbocycles. The molecule has 8 nitrogen and oxygen atoms in total. The van der Waals surface area contributed by atoms with Crippen LogP contribution in [0.3, 0.4) is 0 Å². The van der Waals surface area contributed by atoms with E-state index in [1.807, 2.05) is 134 Å². The van der Waals surface area contributed by atoms with E-state index in [1.54, 1.807) is 33.3 Å². The number of carbonyl (C=O) groups is 2. The molecule has 14 heteroatoms. The molecule has 0 bridgehead atoms. The van der Waals surface area contributed by atoms with Gasteiger partial charge in [-0.3, -0.25) is 9.59 Å². The largest absolute Gasteiger partial charge is 0.493 e. The average Bonchev–Trinajstić information content (AvgIpc) is 3.31. The topological polar surface area (TPSA) is 99.5 Å². The summed E-state index contributed by atoms with van der Waals surface area (Å²) in [6.45, 7) is 6.16. The maximum atomic E-state index is 13.2. The number of rotatable bonds is 33. The molecule has 350 valence electrons. The van der Waals surface area contributed by atoms with E-state index in [9.17, 15) is 19.8 Å². The molecule has 0 heterocycles. The van der Waals surface area contributed by atoms with E-state index in [4.69, 9.17) is 32.7 Å². The van der Waals surface area contributed by atoms with Crippen LogP contribution in [0.1, 0.15) is 65.2 Å². The van der Waals surface area contributed by atoms with Gasteiger partial charge in [-0.2, -0.15) is 23.5 Å². The fourth-order valence-electron chi connectivity index (χ4n) is 6.62. The summed E-state index contributed by atoms with van der Waals surface area (Å²) in [5.74, 6) is 4.73. The number of aliphatic hydroxyl groups excluding tert-OH is 2. The second-order valence-corrected chi connectivity index (χ2v) is 21.2. The Balaban J connectivity index is 0.959. The summed E-state index contributed by atoms with van der Waals surface area (Å²) in [6, 6.07) is 31.2. The zero-order valence-electron chi connectivity index (χ0n) is 37.3. The van der Waals surface area contributed by atoms with E-state index >= 15 is 0 Å². The number of hydrogen-bond donors (Lipinski definition) is 2. The van der Waals surface area contributed by atoms with Gasteiger partial charge < -0.3 is 29.5 Å². The Kier molecular flexibility index (Phi) is 27.0. The molecule has 0 radical (unpaired) electrons. The fraction of sp³-hybridized carbons (Fsp3) is 0.480. The first-order chi connectivity index (χ1) is 31.1. The molecule has 0 aliphatic heterocycles. The molecule has 0 spiro atoms. The second-order valence-electron chi connectivity index (χ2n) is 15.6. The number of benzene rings is 4. The van der Waals surface area contributed by atoms with Crippen LogP contribution in [0.4, 0.5) is 0 Å². The zero-order valence-corrected chi connectivity index (χ0v) is 42.1. The number of hydrogen-bond acceptors (Lipinski definition) is 10.